The molecule has 10 nitrogen and oxygen atoms in total. The van der Waals surface area contributed by atoms with E-state index in [4.69, 9.17) is 4.74 Å². The van der Waals surface area contributed by atoms with Gasteiger partial charge in [-0.15, -0.1) is 0 Å². The Bertz CT molecular complexity index is 767. The SMILES string of the molecule is Cc1cn([C@@H]2O[C@H](CO)[C@H](O)[C@H]2n2cncn2)c(=O)[nH]c1=O. The predicted octanol–water partition coefficient (Wildman–Crippen LogP) is -2.07. The maximum atomic E-state index is 12.0. The lowest BCUT2D eigenvalue weighted by Crippen LogP contribution is -2.37. The van der Waals surface area contributed by atoms with Gasteiger partial charge in [0.2, 0.25) is 0 Å². The molecule has 0 radical (unpaired) electrons. The molecule has 4 atom stereocenters. The second-order valence-corrected chi connectivity index (χ2v) is 5.08. The molecule has 0 unspecified atom stereocenters. The van der Waals surface area contributed by atoms with Gasteiger partial charge in [0.05, 0.1) is 6.61 Å². The van der Waals surface area contributed by atoms with Gasteiger partial charge in [-0.2, -0.15) is 5.10 Å². The molecular weight excluding hydrogens is 294 g/mol. The van der Waals surface area contributed by atoms with Crippen molar-refractivity contribution in [3.63, 3.8) is 0 Å². The summed E-state index contributed by atoms with van der Waals surface area (Å²) in [5.41, 5.74) is -0.838. The number of hydrogen-bond acceptors (Lipinski definition) is 7. The lowest BCUT2D eigenvalue weighted by Gasteiger charge is -2.21. The zero-order chi connectivity index (χ0) is 15.9. The maximum Gasteiger partial charge on any atom is 0.330 e. The van der Waals surface area contributed by atoms with Gasteiger partial charge in [0.25, 0.3) is 5.56 Å². The molecule has 1 aliphatic rings. The van der Waals surface area contributed by atoms with E-state index in [9.17, 15) is 19.8 Å². The van der Waals surface area contributed by atoms with Crippen molar-refractivity contribution in [3.05, 3.63) is 45.3 Å². The zero-order valence-electron chi connectivity index (χ0n) is 11.7. The standard InChI is InChI=1S/C12H15N5O5/c1-6-2-16(12(21)15-10(6)20)11-8(17-5-13-4-14-17)9(19)7(3-18)22-11/h2,4-5,7-9,11,18-19H,3H2,1H3,(H,15,20,21)/t7-,8-,9+,11-/m1/s1. The molecule has 0 aliphatic carbocycles. The summed E-state index contributed by atoms with van der Waals surface area (Å²) in [5.74, 6) is 0. The first kappa shape index (κ1) is 14.6. The van der Waals surface area contributed by atoms with E-state index >= 15 is 0 Å². The van der Waals surface area contributed by atoms with Crippen molar-refractivity contribution >= 4 is 0 Å². The number of nitrogens with one attached hydrogen (secondary N) is 1. The number of ether oxygens (including phenoxy) is 1. The van der Waals surface area contributed by atoms with E-state index in [-0.39, 0.29) is 0 Å². The molecule has 3 rings (SSSR count). The summed E-state index contributed by atoms with van der Waals surface area (Å²) in [5, 5.41) is 23.6. The van der Waals surface area contributed by atoms with Crippen molar-refractivity contribution in [1.29, 1.82) is 0 Å². The number of aliphatic hydroxyl groups excluding tert-OH is 2. The summed E-state index contributed by atoms with van der Waals surface area (Å²) >= 11 is 0. The molecule has 10 heteroatoms. The third-order valence-electron chi connectivity index (χ3n) is 3.68. The molecule has 0 saturated carbocycles. The lowest BCUT2D eigenvalue weighted by molar-refractivity contribution is -0.0480. The first-order valence-corrected chi connectivity index (χ1v) is 6.63. The number of hydrogen-bond donors (Lipinski definition) is 3. The number of nitrogens with zero attached hydrogens (tertiary/aromatic N) is 4. The molecule has 0 aromatic carbocycles. The van der Waals surface area contributed by atoms with Crippen LogP contribution in [0.5, 0.6) is 0 Å². The normalized spacial score (nSPS) is 28.1. The van der Waals surface area contributed by atoms with Gasteiger partial charge in [-0.1, -0.05) is 0 Å². The molecule has 1 saturated heterocycles. The fourth-order valence-electron chi connectivity index (χ4n) is 2.54. The molecule has 0 amide bonds. The first-order valence-electron chi connectivity index (χ1n) is 6.63. The van der Waals surface area contributed by atoms with Gasteiger partial charge < -0.3 is 14.9 Å². The van der Waals surface area contributed by atoms with E-state index in [0.29, 0.717) is 5.56 Å². The highest BCUT2D eigenvalue weighted by Gasteiger charge is 2.46. The fraction of sp³-hybridized carbons (Fsp3) is 0.500. The zero-order valence-corrected chi connectivity index (χ0v) is 11.7. The topological polar surface area (TPSA) is 135 Å². The van der Waals surface area contributed by atoms with Crippen LogP contribution in [0.3, 0.4) is 0 Å². The summed E-state index contributed by atoms with van der Waals surface area (Å²) in [6, 6.07) is -0.761. The minimum absolute atomic E-state index is 0.322. The molecule has 3 N–H and O–H groups in total. The van der Waals surface area contributed by atoms with Gasteiger partial charge >= 0.3 is 5.69 Å². The summed E-state index contributed by atoms with van der Waals surface area (Å²) in [6.45, 7) is 1.13. The molecule has 0 spiro atoms. The van der Waals surface area contributed by atoms with Crippen molar-refractivity contribution in [2.24, 2.45) is 0 Å². The highest BCUT2D eigenvalue weighted by Crippen LogP contribution is 2.36. The third kappa shape index (κ3) is 2.26. The van der Waals surface area contributed by atoms with Crippen LogP contribution in [0.4, 0.5) is 0 Å². The average molecular weight is 309 g/mol. The maximum absolute atomic E-state index is 12.0. The van der Waals surface area contributed by atoms with Gasteiger partial charge in [0.15, 0.2) is 6.23 Å². The van der Waals surface area contributed by atoms with Crippen molar-refractivity contribution in [2.75, 3.05) is 6.61 Å². The molecule has 22 heavy (non-hydrogen) atoms. The first-order chi connectivity index (χ1) is 10.5. The second-order valence-electron chi connectivity index (χ2n) is 5.08. The third-order valence-corrected chi connectivity index (χ3v) is 3.68. The summed E-state index contributed by atoms with van der Waals surface area (Å²) < 4.78 is 8.10. The molecule has 3 heterocycles. The quantitative estimate of drug-likeness (QED) is 0.592. The predicted molar refractivity (Wildman–Crippen MR) is 72.1 cm³/mol. The minimum atomic E-state index is -1.09. The number of aliphatic hydroxyl groups is 2. The largest absolute Gasteiger partial charge is 0.394 e. The van der Waals surface area contributed by atoms with Crippen LogP contribution in [-0.2, 0) is 4.74 Å². The number of rotatable bonds is 3. The van der Waals surface area contributed by atoms with E-state index in [2.05, 4.69) is 15.1 Å². The molecule has 2 aromatic heterocycles. The van der Waals surface area contributed by atoms with E-state index in [0.717, 1.165) is 0 Å². The highest BCUT2D eigenvalue weighted by atomic mass is 16.5. The Hall–Kier alpha value is -2.30. The molecule has 118 valence electrons. The van der Waals surface area contributed by atoms with E-state index < -0.39 is 42.3 Å². The Morgan fingerprint density at radius 1 is 1.45 bits per heavy atom. The molecular formula is C12H15N5O5. The molecule has 2 aromatic rings. The van der Waals surface area contributed by atoms with Crippen LogP contribution in [0.1, 0.15) is 17.8 Å². The Kier molecular flexibility index (Phi) is 3.64. The Labute approximate surface area is 123 Å². The highest BCUT2D eigenvalue weighted by molar-refractivity contribution is 5.03. The number of aromatic amines is 1. The van der Waals surface area contributed by atoms with Gasteiger partial charge in [-0.05, 0) is 6.92 Å². The van der Waals surface area contributed by atoms with Gasteiger partial charge in [-0.3, -0.25) is 14.3 Å². The smallest absolute Gasteiger partial charge is 0.330 e. The molecule has 0 bridgehead atoms. The summed E-state index contributed by atoms with van der Waals surface area (Å²) in [6.07, 6.45) is 1.12. The van der Waals surface area contributed by atoms with Crippen LogP contribution in [0.25, 0.3) is 0 Å². The van der Waals surface area contributed by atoms with Crippen molar-refractivity contribution in [2.45, 2.75) is 31.4 Å². The number of aromatic nitrogens is 5. The van der Waals surface area contributed by atoms with Gasteiger partial charge in [-0.25, -0.2) is 14.5 Å². The van der Waals surface area contributed by atoms with Crippen molar-refractivity contribution < 1.29 is 14.9 Å². The number of aryl methyl sites for hydroxylation is 1. The van der Waals surface area contributed by atoms with Crippen LogP contribution >= 0.6 is 0 Å². The van der Waals surface area contributed by atoms with Crippen molar-refractivity contribution in [3.8, 4) is 0 Å². The van der Waals surface area contributed by atoms with Crippen molar-refractivity contribution in [1.82, 2.24) is 24.3 Å². The van der Waals surface area contributed by atoms with Gasteiger partial charge in [0.1, 0.15) is 30.9 Å². The van der Waals surface area contributed by atoms with E-state index in [1.165, 1.54) is 28.1 Å². The lowest BCUT2D eigenvalue weighted by atomic mass is 10.1. The van der Waals surface area contributed by atoms with E-state index in [1.54, 1.807) is 6.92 Å². The van der Waals surface area contributed by atoms with Crippen LogP contribution < -0.4 is 11.2 Å². The summed E-state index contributed by atoms with van der Waals surface area (Å²) in [4.78, 5) is 29.5. The molecule has 1 aliphatic heterocycles. The van der Waals surface area contributed by atoms with E-state index in [1.807, 2.05) is 0 Å². The number of H-pyrrole nitrogens is 1. The van der Waals surface area contributed by atoms with Crippen LogP contribution in [0.15, 0.2) is 28.4 Å². The Morgan fingerprint density at radius 2 is 2.23 bits per heavy atom. The van der Waals surface area contributed by atoms with Crippen LogP contribution in [-0.4, -0.2) is 53.3 Å². The Morgan fingerprint density at radius 3 is 2.86 bits per heavy atom. The minimum Gasteiger partial charge on any atom is -0.394 e. The fourth-order valence-corrected chi connectivity index (χ4v) is 2.54. The second kappa shape index (κ2) is 5.48. The Balaban J connectivity index is 2.09. The van der Waals surface area contributed by atoms with Crippen LogP contribution in [0.2, 0.25) is 0 Å². The van der Waals surface area contributed by atoms with Crippen LogP contribution in [0, 0.1) is 6.92 Å². The average Bonchev–Trinajstić information content (AvgIpc) is 3.10. The summed E-state index contributed by atoms with van der Waals surface area (Å²) in [7, 11) is 0. The monoisotopic (exact) mass is 309 g/mol. The van der Waals surface area contributed by atoms with Gasteiger partial charge in [0, 0.05) is 11.8 Å². The molecule has 1 fully saturated rings.